The summed E-state index contributed by atoms with van der Waals surface area (Å²) in [5.74, 6) is 2.05. The summed E-state index contributed by atoms with van der Waals surface area (Å²) in [6, 6.07) is 17.4. The zero-order valence-corrected chi connectivity index (χ0v) is 18.3. The number of para-hydroxylation sites is 1. The smallest absolute Gasteiger partial charge is 0.254 e. The summed E-state index contributed by atoms with van der Waals surface area (Å²) >= 11 is 0. The number of aryl methyl sites for hydroxylation is 1. The molecule has 0 aliphatic carbocycles. The van der Waals surface area contributed by atoms with Crippen molar-refractivity contribution in [2.24, 2.45) is 0 Å². The minimum atomic E-state index is -0.0823. The van der Waals surface area contributed by atoms with Gasteiger partial charge in [0.25, 0.3) is 5.91 Å². The van der Waals surface area contributed by atoms with Crippen molar-refractivity contribution < 1.29 is 14.3 Å². The van der Waals surface area contributed by atoms with E-state index in [0.717, 1.165) is 28.3 Å². The molecule has 0 atom stereocenters. The number of amides is 1. The molecule has 0 fully saturated rings. The second kappa shape index (κ2) is 7.92. The Morgan fingerprint density at radius 1 is 0.938 bits per heavy atom. The van der Waals surface area contributed by atoms with E-state index in [-0.39, 0.29) is 5.91 Å². The molecule has 0 N–H and O–H groups in total. The number of methoxy groups -OCH3 is 2. The van der Waals surface area contributed by atoms with E-state index in [1.807, 2.05) is 41.3 Å². The summed E-state index contributed by atoms with van der Waals surface area (Å²) in [5.41, 5.74) is 4.65. The second-order valence-corrected chi connectivity index (χ2v) is 7.80. The van der Waals surface area contributed by atoms with Crippen LogP contribution in [-0.4, -0.2) is 39.4 Å². The number of carbonyl (C=O) groups excluding carboxylic acids is 1. The molecule has 0 unspecified atom stereocenters. The van der Waals surface area contributed by atoms with Gasteiger partial charge in [0.1, 0.15) is 17.3 Å². The molecule has 1 amide bonds. The first-order valence-electron chi connectivity index (χ1n) is 10.4. The number of benzene rings is 2. The number of nitrogens with zero attached hydrogens (tertiary/aromatic N) is 4. The summed E-state index contributed by atoms with van der Waals surface area (Å²) in [4.78, 5) is 15.1. The Morgan fingerprint density at radius 3 is 2.28 bits per heavy atom. The van der Waals surface area contributed by atoms with Crippen LogP contribution in [0.4, 0.5) is 0 Å². The first kappa shape index (κ1) is 19.9. The van der Waals surface area contributed by atoms with Crippen molar-refractivity contribution >= 4 is 5.91 Å². The van der Waals surface area contributed by atoms with Crippen LogP contribution < -0.4 is 9.47 Å². The van der Waals surface area contributed by atoms with Crippen molar-refractivity contribution in [2.75, 3.05) is 14.2 Å². The van der Waals surface area contributed by atoms with Gasteiger partial charge in [-0.15, -0.1) is 0 Å². The first-order chi connectivity index (χ1) is 15.6. The van der Waals surface area contributed by atoms with Crippen LogP contribution >= 0.6 is 0 Å². The molecule has 0 radical (unpaired) electrons. The average Bonchev–Trinajstić information content (AvgIpc) is 3.54. The Kier molecular flexibility index (Phi) is 4.93. The lowest BCUT2D eigenvalue weighted by Crippen LogP contribution is -2.26. The maximum atomic E-state index is 13.3. The maximum Gasteiger partial charge on any atom is 0.254 e. The highest BCUT2D eigenvalue weighted by molar-refractivity contribution is 5.95. The molecule has 2 aromatic carbocycles. The Morgan fingerprint density at radius 2 is 1.62 bits per heavy atom. The van der Waals surface area contributed by atoms with Crippen LogP contribution in [0, 0.1) is 6.92 Å². The largest absolute Gasteiger partial charge is 0.497 e. The first-order valence-corrected chi connectivity index (χ1v) is 10.4. The fraction of sp³-hybridized carbons (Fsp3) is 0.200. The van der Waals surface area contributed by atoms with E-state index in [1.165, 1.54) is 0 Å². The fourth-order valence-electron chi connectivity index (χ4n) is 4.17. The number of rotatable bonds is 5. The fourth-order valence-corrected chi connectivity index (χ4v) is 4.17. The Hall–Kier alpha value is -4.00. The number of hydrogen-bond acceptors (Lipinski definition) is 4. The molecule has 0 bridgehead atoms. The average molecular weight is 428 g/mol. The van der Waals surface area contributed by atoms with Gasteiger partial charge in [0, 0.05) is 29.6 Å². The maximum absolute atomic E-state index is 13.3. The van der Waals surface area contributed by atoms with Crippen LogP contribution in [0.1, 0.15) is 27.2 Å². The summed E-state index contributed by atoms with van der Waals surface area (Å²) < 4.78 is 14.7. The third kappa shape index (κ3) is 3.32. The molecule has 162 valence electrons. The topological polar surface area (TPSA) is 61.5 Å². The second-order valence-electron chi connectivity index (χ2n) is 7.80. The van der Waals surface area contributed by atoms with Crippen LogP contribution in [-0.2, 0) is 13.1 Å². The molecule has 1 aliphatic rings. The lowest BCUT2D eigenvalue weighted by molar-refractivity contribution is 0.0748. The molecule has 0 saturated heterocycles. The molecular weight excluding hydrogens is 404 g/mol. The van der Waals surface area contributed by atoms with Gasteiger partial charge in [0.15, 0.2) is 0 Å². The van der Waals surface area contributed by atoms with Crippen molar-refractivity contribution in [3.05, 3.63) is 89.4 Å². The quantitative estimate of drug-likeness (QED) is 0.479. The number of hydrogen-bond donors (Lipinski definition) is 0. The van der Waals surface area contributed by atoms with Crippen molar-refractivity contribution in [1.82, 2.24) is 19.2 Å². The predicted octanol–water partition coefficient (Wildman–Crippen LogP) is 4.14. The molecule has 32 heavy (non-hydrogen) atoms. The highest BCUT2D eigenvalue weighted by atomic mass is 16.5. The SMILES string of the molecule is COc1cc(OC)cc(C(=O)N2Cc3nn(-c4ccccc4C)c(-n4cccc4)c3C2)c1. The Labute approximate surface area is 186 Å². The van der Waals surface area contributed by atoms with Gasteiger partial charge < -0.3 is 18.9 Å². The van der Waals surface area contributed by atoms with E-state index in [0.29, 0.717) is 30.2 Å². The Balaban J connectivity index is 1.53. The van der Waals surface area contributed by atoms with E-state index >= 15 is 0 Å². The third-order valence-corrected chi connectivity index (χ3v) is 5.81. The van der Waals surface area contributed by atoms with E-state index < -0.39 is 0 Å². The lowest BCUT2D eigenvalue weighted by atomic mass is 10.1. The summed E-state index contributed by atoms with van der Waals surface area (Å²) in [5, 5.41) is 4.92. The standard InChI is InChI=1S/C25H24N4O3/c1-17-8-4-5-9-23(17)29-24(27-10-6-7-11-27)21-15-28(16-22(21)26-29)25(30)18-12-19(31-2)14-20(13-18)32-3/h4-14H,15-16H2,1-3H3. The van der Waals surface area contributed by atoms with Crippen LogP contribution in [0.2, 0.25) is 0 Å². The van der Waals surface area contributed by atoms with Crippen LogP contribution in [0.15, 0.2) is 67.0 Å². The minimum Gasteiger partial charge on any atom is -0.497 e. The molecule has 3 heterocycles. The zero-order valence-electron chi connectivity index (χ0n) is 18.3. The van der Waals surface area contributed by atoms with E-state index in [4.69, 9.17) is 14.6 Å². The molecule has 7 nitrogen and oxygen atoms in total. The van der Waals surface area contributed by atoms with Gasteiger partial charge in [0.2, 0.25) is 0 Å². The number of fused-ring (bicyclic) bond motifs is 1. The molecule has 5 rings (SSSR count). The summed E-state index contributed by atoms with van der Waals surface area (Å²) in [7, 11) is 3.15. The molecular formula is C25H24N4O3. The van der Waals surface area contributed by atoms with Crippen molar-refractivity contribution in [3.8, 4) is 23.0 Å². The van der Waals surface area contributed by atoms with Crippen LogP contribution in [0.5, 0.6) is 11.5 Å². The molecule has 0 spiro atoms. The summed E-state index contributed by atoms with van der Waals surface area (Å²) in [6.07, 6.45) is 4.01. The van der Waals surface area contributed by atoms with Crippen LogP contribution in [0.3, 0.4) is 0 Å². The minimum absolute atomic E-state index is 0.0823. The van der Waals surface area contributed by atoms with Gasteiger partial charge in [-0.2, -0.15) is 5.10 Å². The monoisotopic (exact) mass is 428 g/mol. The van der Waals surface area contributed by atoms with Gasteiger partial charge >= 0.3 is 0 Å². The van der Waals surface area contributed by atoms with Gasteiger partial charge in [-0.05, 0) is 42.8 Å². The van der Waals surface area contributed by atoms with Crippen LogP contribution in [0.25, 0.3) is 11.5 Å². The number of ether oxygens (including phenoxy) is 2. The zero-order chi connectivity index (χ0) is 22.2. The molecule has 7 heteroatoms. The van der Waals surface area contributed by atoms with Crippen molar-refractivity contribution in [2.45, 2.75) is 20.0 Å². The van der Waals surface area contributed by atoms with E-state index in [2.05, 4.69) is 23.6 Å². The normalized spacial score (nSPS) is 12.7. The van der Waals surface area contributed by atoms with Gasteiger partial charge in [0.05, 0.1) is 38.7 Å². The highest BCUT2D eigenvalue weighted by Gasteiger charge is 2.32. The number of carbonyl (C=O) groups is 1. The Bertz CT molecular complexity index is 1270. The molecule has 2 aromatic heterocycles. The van der Waals surface area contributed by atoms with Gasteiger partial charge in [-0.1, -0.05) is 18.2 Å². The lowest BCUT2D eigenvalue weighted by Gasteiger charge is -2.19. The molecule has 0 saturated carbocycles. The van der Waals surface area contributed by atoms with Gasteiger partial charge in [-0.3, -0.25) is 4.79 Å². The van der Waals surface area contributed by atoms with E-state index in [9.17, 15) is 4.79 Å². The van der Waals surface area contributed by atoms with Crippen molar-refractivity contribution in [1.29, 1.82) is 0 Å². The highest BCUT2D eigenvalue weighted by Crippen LogP contribution is 2.33. The summed E-state index contributed by atoms with van der Waals surface area (Å²) in [6.45, 7) is 3.00. The molecule has 1 aliphatic heterocycles. The molecule has 4 aromatic rings. The van der Waals surface area contributed by atoms with E-state index in [1.54, 1.807) is 37.3 Å². The number of aromatic nitrogens is 3. The predicted molar refractivity (Wildman–Crippen MR) is 121 cm³/mol. The van der Waals surface area contributed by atoms with Crippen molar-refractivity contribution in [3.63, 3.8) is 0 Å². The van der Waals surface area contributed by atoms with Gasteiger partial charge in [-0.25, -0.2) is 4.68 Å². The third-order valence-electron chi connectivity index (χ3n) is 5.81.